The maximum atomic E-state index is 13.3. The largest absolute Gasteiger partial charge is 0.377 e. The molecule has 0 aliphatic heterocycles. The smallest absolute Gasteiger partial charge is 0.123 e. The van der Waals surface area contributed by atoms with Crippen LogP contribution in [-0.2, 0) is 6.42 Å². The molecule has 0 aromatic heterocycles. The Balaban J connectivity index is 2.19. The third-order valence-electron chi connectivity index (χ3n) is 3.24. The molecule has 0 amide bonds. The number of hydrogen-bond acceptors (Lipinski definition) is 2. The summed E-state index contributed by atoms with van der Waals surface area (Å²) in [6, 6.07) is 14.1. The standard InChI is InChI=1S/C16H18ClFN2/c1-16(11-19,10-12-5-4-6-13(18)9-12)20-15-8-3-2-7-14(15)17/h2-9,20H,10-11,19H2,1H3. The quantitative estimate of drug-likeness (QED) is 0.878. The number of anilines is 1. The van der Waals surface area contributed by atoms with Crippen molar-refractivity contribution in [2.45, 2.75) is 18.9 Å². The van der Waals surface area contributed by atoms with E-state index in [4.69, 9.17) is 17.3 Å². The summed E-state index contributed by atoms with van der Waals surface area (Å²) in [6.07, 6.45) is 0.618. The van der Waals surface area contributed by atoms with Crippen LogP contribution in [0.3, 0.4) is 0 Å². The minimum absolute atomic E-state index is 0.236. The van der Waals surface area contributed by atoms with Gasteiger partial charge in [0.1, 0.15) is 5.82 Å². The summed E-state index contributed by atoms with van der Waals surface area (Å²) in [5.41, 5.74) is 7.23. The average molecular weight is 293 g/mol. The predicted octanol–water partition coefficient (Wildman–Crippen LogP) is 3.85. The molecule has 2 rings (SSSR count). The highest BCUT2D eigenvalue weighted by Crippen LogP contribution is 2.26. The van der Waals surface area contributed by atoms with Gasteiger partial charge >= 0.3 is 0 Å². The van der Waals surface area contributed by atoms with Crippen LogP contribution < -0.4 is 11.1 Å². The third-order valence-corrected chi connectivity index (χ3v) is 3.57. The Morgan fingerprint density at radius 1 is 1.20 bits per heavy atom. The Labute approximate surface area is 123 Å². The van der Waals surface area contributed by atoms with E-state index in [1.807, 2.05) is 37.3 Å². The normalized spacial score (nSPS) is 13.8. The van der Waals surface area contributed by atoms with Crippen LogP contribution in [0.1, 0.15) is 12.5 Å². The van der Waals surface area contributed by atoms with Gasteiger partial charge in [-0.1, -0.05) is 35.9 Å². The Morgan fingerprint density at radius 2 is 1.95 bits per heavy atom. The SMILES string of the molecule is CC(CN)(Cc1cccc(F)c1)Nc1ccccc1Cl. The van der Waals surface area contributed by atoms with Crippen molar-refractivity contribution in [3.05, 3.63) is 64.9 Å². The second kappa shape index (κ2) is 6.25. The number of nitrogens with one attached hydrogen (secondary N) is 1. The molecule has 0 fully saturated rings. The molecular weight excluding hydrogens is 275 g/mol. The molecule has 0 heterocycles. The van der Waals surface area contributed by atoms with E-state index in [0.29, 0.717) is 18.0 Å². The lowest BCUT2D eigenvalue weighted by Gasteiger charge is -2.31. The zero-order chi connectivity index (χ0) is 14.6. The van der Waals surface area contributed by atoms with Crippen LogP contribution in [0.5, 0.6) is 0 Å². The molecule has 0 bridgehead atoms. The van der Waals surface area contributed by atoms with Gasteiger partial charge in [-0.25, -0.2) is 4.39 Å². The zero-order valence-electron chi connectivity index (χ0n) is 11.4. The van der Waals surface area contributed by atoms with Gasteiger partial charge in [0, 0.05) is 6.54 Å². The zero-order valence-corrected chi connectivity index (χ0v) is 12.1. The molecule has 0 radical (unpaired) electrons. The summed E-state index contributed by atoms with van der Waals surface area (Å²) in [4.78, 5) is 0. The Bertz CT molecular complexity index is 588. The van der Waals surface area contributed by atoms with E-state index in [-0.39, 0.29) is 5.82 Å². The lowest BCUT2D eigenvalue weighted by Crippen LogP contribution is -2.44. The van der Waals surface area contributed by atoms with Gasteiger partial charge in [0.15, 0.2) is 0 Å². The van der Waals surface area contributed by atoms with Gasteiger partial charge < -0.3 is 11.1 Å². The first-order valence-electron chi connectivity index (χ1n) is 6.50. The van der Waals surface area contributed by atoms with Crippen LogP contribution >= 0.6 is 11.6 Å². The van der Waals surface area contributed by atoms with Crippen LogP contribution in [0.25, 0.3) is 0 Å². The van der Waals surface area contributed by atoms with Gasteiger partial charge in [-0.15, -0.1) is 0 Å². The second-order valence-electron chi connectivity index (χ2n) is 5.18. The van der Waals surface area contributed by atoms with Crippen molar-refractivity contribution >= 4 is 17.3 Å². The summed E-state index contributed by atoms with van der Waals surface area (Å²) in [6.45, 7) is 2.41. The minimum atomic E-state index is -0.390. The van der Waals surface area contributed by atoms with Crippen LogP contribution in [-0.4, -0.2) is 12.1 Å². The molecule has 2 aromatic rings. The summed E-state index contributed by atoms with van der Waals surface area (Å²) in [5.74, 6) is -0.236. The minimum Gasteiger partial charge on any atom is -0.377 e. The first-order valence-corrected chi connectivity index (χ1v) is 6.87. The highest BCUT2D eigenvalue weighted by atomic mass is 35.5. The topological polar surface area (TPSA) is 38.0 Å². The van der Waals surface area contributed by atoms with Crippen molar-refractivity contribution in [1.29, 1.82) is 0 Å². The monoisotopic (exact) mass is 292 g/mol. The van der Waals surface area contributed by atoms with Crippen molar-refractivity contribution in [3.8, 4) is 0 Å². The van der Waals surface area contributed by atoms with Crippen molar-refractivity contribution < 1.29 is 4.39 Å². The maximum Gasteiger partial charge on any atom is 0.123 e. The molecular formula is C16H18ClFN2. The summed E-state index contributed by atoms with van der Waals surface area (Å²) < 4.78 is 13.3. The van der Waals surface area contributed by atoms with Crippen molar-refractivity contribution in [3.63, 3.8) is 0 Å². The number of rotatable bonds is 5. The van der Waals surface area contributed by atoms with E-state index >= 15 is 0 Å². The molecule has 0 aliphatic rings. The molecule has 0 saturated carbocycles. The lowest BCUT2D eigenvalue weighted by atomic mass is 9.92. The number of halogens is 2. The van der Waals surface area contributed by atoms with E-state index in [1.165, 1.54) is 12.1 Å². The molecule has 0 spiro atoms. The van der Waals surface area contributed by atoms with Crippen LogP contribution in [0.4, 0.5) is 10.1 Å². The second-order valence-corrected chi connectivity index (χ2v) is 5.58. The number of hydrogen-bond donors (Lipinski definition) is 2. The maximum absolute atomic E-state index is 13.3. The molecule has 1 atom stereocenters. The highest BCUT2D eigenvalue weighted by molar-refractivity contribution is 6.33. The fourth-order valence-electron chi connectivity index (χ4n) is 2.15. The molecule has 4 heteroatoms. The lowest BCUT2D eigenvalue weighted by molar-refractivity contribution is 0.518. The Kier molecular flexibility index (Phi) is 4.63. The fourth-order valence-corrected chi connectivity index (χ4v) is 2.34. The van der Waals surface area contributed by atoms with Gasteiger partial charge in [-0.05, 0) is 43.2 Å². The number of para-hydroxylation sites is 1. The van der Waals surface area contributed by atoms with Crippen molar-refractivity contribution in [2.24, 2.45) is 5.73 Å². The summed E-state index contributed by atoms with van der Waals surface area (Å²) in [7, 11) is 0. The first-order chi connectivity index (χ1) is 9.52. The third kappa shape index (κ3) is 3.71. The molecule has 1 unspecified atom stereocenters. The summed E-state index contributed by atoms with van der Waals surface area (Å²) >= 11 is 6.15. The number of nitrogens with two attached hydrogens (primary N) is 1. The highest BCUT2D eigenvalue weighted by Gasteiger charge is 2.23. The van der Waals surface area contributed by atoms with E-state index in [2.05, 4.69) is 5.32 Å². The van der Waals surface area contributed by atoms with Gasteiger partial charge in [-0.3, -0.25) is 0 Å². The van der Waals surface area contributed by atoms with E-state index in [0.717, 1.165) is 11.3 Å². The van der Waals surface area contributed by atoms with E-state index in [9.17, 15) is 4.39 Å². The number of benzene rings is 2. The van der Waals surface area contributed by atoms with Crippen molar-refractivity contribution in [2.75, 3.05) is 11.9 Å². The van der Waals surface area contributed by atoms with E-state index < -0.39 is 5.54 Å². The molecule has 106 valence electrons. The molecule has 0 saturated heterocycles. The Morgan fingerprint density at radius 3 is 2.60 bits per heavy atom. The molecule has 20 heavy (non-hydrogen) atoms. The van der Waals surface area contributed by atoms with Crippen molar-refractivity contribution in [1.82, 2.24) is 0 Å². The average Bonchev–Trinajstić information content (AvgIpc) is 2.41. The molecule has 0 aliphatic carbocycles. The van der Waals surface area contributed by atoms with Crippen LogP contribution in [0.2, 0.25) is 5.02 Å². The predicted molar refractivity (Wildman–Crippen MR) is 82.6 cm³/mol. The van der Waals surface area contributed by atoms with Gasteiger partial charge in [0.05, 0.1) is 16.2 Å². The van der Waals surface area contributed by atoms with E-state index in [1.54, 1.807) is 6.07 Å². The van der Waals surface area contributed by atoms with Gasteiger partial charge in [0.25, 0.3) is 0 Å². The first kappa shape index (κ1) is 14.8. The fraction of sp³-hybridized carbons (Fsp3) is 0.250. The molecule has 3 N–H and O–H groups in total. The van der Waals surface area contributed by atoms with Crippen LogP contribution in [0.15, 0.2) is 48.5 Å². The summed E-state index contributed by atoms with van der Waals surface area (Å²) in [5, 5.41) is 4.01. The van der Waals surface area contributed by atoms with Crippen LogP contribution in [0, 0.1) is 5.82 Å². The van der Waals surface area contributed by atoms with Gasteiger partial charge in [-0.2, -0.15) is 0 Å². The molecule has 2 nitrogen and oxygen atoms in total. The Hall–Kier alpha value is -1.58. The molecule has 2 aromatic carbocycles. The van der Waals surface area contributed by atoms with Gasteiger partial charge in [0.2, 0.25) is 0 Å².